The Morgan fingerprint density at radius 1 is 1.43 bits per heavy atom. The molecule has 0 heterocycles. The Morgan fingerprint density at radius 3 is 2.57 bits per heavy atom. The van der Waals surface area contributed by atoms with Gasteiger partial charge in [-0.05, 0) is 50.8 Å². The molecule has 3 nitrogen and oxygen atoms in total. The standard InChI is InChI=1S/C15H19F2NO2S/c1-9(2)18-15(14(19)20,10-3-4-10)8-21-11-5-6-12(16)13(17)7-11/h5-7,9-10,18H,3-4,8H2,1-2H3,(H,19,20). The van der Waals surface area contributed by atoms with Crippen LogP contribution in [-0.2, 0) is 4.79 Å². The first-order valence-electron chi connectivity index (χ1n) is 6.94. The van der Waals surface area contributed by atoms with Gasteiger partial charge in [-0.25, -0.2) is 8.78 Å². The van der Waals surface area contributed by atoms with Crippen LogP contribution in [-0.4, -0.2) is 28.4 Å². The molecule has 0 aliphatic heterocycles. The lowest BCUT2D eigenvalue weighted by Gasteiger charge is -2.32. The van der Waals surface area contributed by atoms with Crippen molar-refractivity contribution in [1.29, 1.82) is 0 Å². The highest BCUT2D eigenvalue weighted by molar-refractivity contribution is 7.99. The summed E-state index contributed by atoms with van der Waals surface area (Å²) in [6, 6.07) is 3.67. The Kier molecular flexibility index (Phi) is 4.88. The average Bonchev–Trinajstić information content (AvgIpc) is 3.22. The fourth-order valence-electron chi connectivity index (χ4n) is 2.43. The number of halogens is 2. The molecular formula is C15H19F2NO2S. The van der Waals surface area contributed by atoms with Gasteiger partial charge in [-0.1, -0.05) is 0 Å². The molecule has 0 saturated heterocycles. The summed E-state index contributed by atoms with van der Waals surface area (Å²) >= 11 is 1.24. The third-order valence-corrected chi connectivity index (χ3v) is 4.75. The molecule has 2 N–H and O–H groups in total. The van der Waals surface area contributed by atoms with Crippen LogP contribution >= 0.6 is 11.8 Å². The van der Waals surface area contributed by atoms with Crippen molar-refractivity contribution in [1.82, 2.24) is 5.32 Å². The smallest absolute Gasteiger partial charge is 0.325 e. The van der Waals surface area contributed by atoms with Crippen molar-refractivity contribution < 1.29 is 18.7 Å². The average molecular weight is 315 g/mol. The normalized spacial score (nSPS) is 17.8. The quantitative estimate of drug-likeness (QED) is 0.758. The van der Waals surface area contributed by atoms with E-state index in [1.165, 1.54) is 17.8 Å². The molecule has 21 heavy (non-hydrogen) atoms. The molecule has 0 amide bonds. The van der Waals surface area contributed by atoms with Crippen LogP contribution < -0.4 is 5.32 Å². The van der Waals surface area contributed by atoms with Gasteiger partial charge in [-0.2, -0.15) is 0 Å². The Morgan fingerprint density at radius 2 is 2.10 bits per heavy atom. The van der Waals surface area contributed by atoms with Gasteiger partial charge in [0.25, 0.3) is 0 Å². The Bertz CT molecular complexity index is 534. The Balaban J connectivity index is 2.14. The van der Waals surface area contributed by atoms with Crippen LogP contribution in [0, 0.1) is 17.6 Å². The Labute approximate surface area is 127 Å². The number of rotatable bonds is 7. The number of carbonyl (C=O) groups is 1. The first kappa shape index (κ1) is 16.2. The van der Waals surface area contributed by atoms with Gasteiger partial charge in [-0.15, -0.1) is 11.8 Å². The van der Waals surface area contributed by atoms with Crippen molar-refractivity contribution >= 4 is 17.7 Å². The van der Waals surface area contributed by atoms with Crippen molar-refractivity contribution in [2.24, 2.45) is 5.92 Å². The number of benzene rings is 1. The summed E-state index contributed by atoms with van der Waals surface area (Å²) in [7, 11) is 0. The molecule has 1 aliphatic carbocycles. The second-order valence-electron chi connectivity index (χ2n) is 5.71. The lowest BCUT2D eigenvalue weighted by molar-refractivity contribution is -0.145. The number of carboxylic acid groups (broad SMARTS) is 1. The van der Waals surface area contributed by atoms with Gasteiger partial charge in [0.05, 0.1) is 0 Å². The van der Waals surface area contributed by atoms with E-state index in [1.54, 1.807) is 0 Å². The minimum Gasteiger partial charge on any atom is -0.480 e. The second-order valence-corrected chi connectivity index (χ2v) is 6.76. The first-order chi connectivity index (χ1) is 9.85. The molecule has 2 rings (SSSR count). The lowest BCUT2D eigenvalue weighted by atomic mass is 9.94. The van der Waals surface area contributed by atoms with Crippen LogP contribution in [0.1, 0.15) is 26.7 Å². The topological polar surface area (TPSA) is 49.3 Å². The summed E-state index contributed by atoms with van der Waals surface area (Å²) in [5, 5.41) is 12.8. The van der Waals surface area contributed by atoms with Gasteiger partial charge in [0.1, 0.15) is 5.54 Å². The van der Waals surface area contributed by atoms with E-state index in [-0.39, 0.29) is 17.7 Å². The summed E-state index contributed by atoms with van der Waals surface area (Å²) in [5.41, 5.74) is -1.01. The predicted molar refractivity (Wildman–Crippen MR) is 78.4 cm³/mol. The molecule has 1 unspecified atom stereocenters. The number of hydrogen-bond donors (Lipinski definition) is 2. The molecule has 0 spiro atoms. The zero-order valence-corrected chi connectivity index (χ0v) is 12.8. The SMILES string of the molecule is CC(C)NC(CSc1ccc(F)c(F)c1)(C(=O)O)C1CC1. The number of carboxylic acids is 1. The molecule has 1 aliphatic rings. The molecule has 1 saturated carbocycles. The molecule has 0 radical (unpaired) electrons. The highest BCUT2D eigenvalue weighted by Crippen LogP contribution is 2.43. The van der Waals surface area contributed by atoms with Crippen molar-refractivity contribution in [3.8, 4) is 0 Å². The number of thioether (sulfide) groups is 1. The fourth-order valence-corrected chi connectivity index (χ4v) is 3.62. The Hall–Kier alpha value is -1.14. The van der Waals surface area contributed by atoms with E-state index in [4.69, 9.17) is 0 Å². The molecule has 116 valence electrons. The van der Waals surface area contributed by atoms with Crippen molar-refractivity contribution in [3.63, 3.8) is 0 Å². The molecule has 0 bridgehead atoms. The summed E-state index contributed by atoms with van der Waals surface area (Å²) in [6.07, 6.45) is 1.76. The first-order valence-corrected chi connectivity index (χ1v) is 7.92. The molecule has 6 heteroatoms. The van der Waals surface area contributed by atoms with Crippen LogP contribution in [0.25, 0.3) is 0 Å². The monoisotopic (exact) mass is 315 g/mol. The molecule has 1 aromatic rings. The highest BCUT2D eigenvalue weighted by Gasteiger charge is 2.51. The van der Waals surface area contributed by atoms with E-state index in [9.17, 15) is 18.7 Å². The van der Waals surface area contributed by atoms with Gasteiger partial charge >= 0.3 is 5.97 Å². The van der Waals surface area contributed by atoms with Crippen molar-refractivity contribution in [3.05, 3.63) is 29.8 Å². The zero-order chi connectivity index (χ0) is 15.6. The van der Waals surface area contributed by atoms with Crippen LogP contribution in [0.3, 0.4) is 0 Å². The van der Waals surface area contributed by atoms with E-state index in [1.807, 2.05) is 13.8 Å². The number of aliphatic carboxylic acids is 1. The molecule has 0 aromatic heterocycles. The fraction of sp³-hybridized carbons (Fsp3) is 0.533. The predicted octanol–water partition coefficient (Wildman–Crippen LogP) is 3.29. The number of hydrogen-bond acceptors (Lipinski definition) is 3. The minimum absolute atomic E-state index is 0.0345. The van der Waals surface area contributed by atoms with Gasteiger partial charge in [-0.3, -0.25) is 10.1 Å². The van der Waals surface area contributed by atoms with E-state index < -0.39 is 23.1 Å². The maximum Gasteiger partial charge on any atom is 0.325 e. The summed E-state index contributed by atoms with van der Waals surface area (Å²) in [6.45, 7) is 3.81. The van der Waals surface area contributed by atoms with Gasteiger partial charge in [0.15, 0.2) is 11.6 Å². The van der Waals surface area contributed by atoms with Crippen LogP contribution in [0.4, 0.5) is 8.78 Å². The van der Waals surface area contributed by atoms with E-state index >= 15 is 0 Å². The maximum absolute atomic E-state index is 13.2. The molecular weight excluding hydrogens is 296 g/mol. The summed E-state index contributed by atoms with van der Waals surface area (Å²) < 4.78 is 26.1. The van der Waals surface area contributed by atoms with E-state index in [0.29, 0.717) is 4.90 Å². The summed E-state index contributed by atoms with van der Waals surface area (Å²) in [5.74, 6) is -2.31. The van der Waals surface area contributed by atoms with E-state index in [2.05, 4.69) is 5.32 Å². The lowest BCUT2D eigenvalue weighted by Crippen LogP contribution is -2.58. The van der Waals surface area contributed by atoms with Gasteiger partial charge in [0.2, 0.25) is 0 Å². The summed E-state index contributed by atoms with van der Waals surface area (Å²) in [4.78, 5) is 12.3. The highest BCUT2D eigenvalue weighted by atomic mass is 32.2. The third kappa shape index (κ3) is 3.74. The van der Waals surface area contributed by atoms with E-state index in [0.717, 1.165) is 25.0 Å². The van der Waals surface area contributed by atoms with Crippen molar-refractivity contribution in [2.75, 3.05) is 5.75 Å². The van der Waals surface area contributed by atoms with Gasteiger partial charge in [0, 0.05) is 16.7 Å². The van der Waals surface area contributed by atoms with Gasteiger partial charge < -0.3 is 5.11 Å². The maximum atomic E-state index is 13.2. The third-order valence-electron chi connectivity index (χ3n) is 3.56. The largest absolute Gasteiger partial charge is 0.480 e. The van der Waals surface area contributed by atoms with Crippen LogP contribution in [0.15, 0.2) is 23.1 Å². The van der Waals surface area contributed by atoms with Crippen molar-refractivity contribution in [2.45, 2.75) is 43.2 Å². The van der Waals surface area contributed by atoms with Crippen LogP contribution in [0.2, 0.25) is 0 Å². The minimum atomic E-state index is -1.01. The molecule has 1 fully saturated rings. The number of nitrogens with one attached hydrogen (secondary N) is 1. The van der Waals surface area contributed by atoms with Crippen LogP contribution in [0.5, 0.6) is 0 Å². The zero-order valence-electron chi connectivity index (χ0n) is 12.0. The molecule has 1 atom stereocenters. The second kappa shape index (κ2) is 6.32. The molecule has 1 aromatic carbocycles.